The van der Waals surface area contributed by atoms with E-state index in [0.29, 0.717) is 11.5 Å². The van der Waals surface area contributed by atoms with E-state index in [1.165, 1.54) is 6.20 Å². The van der Waals surface area contributed by atoms with Crippen LogP contribution < -0.4 is 0 Å². The van der Waals surface area contributed by atoms with E-state index in [0.717, 1.165) is 0 Å². The van der Waals surface area contributed by atoms with Crippen LogP contribution in [0.4, 0.5) is 0 Å². The lowest BCUT2D eigenvalue weighted by Crippen LogP contribution is -2.31. The fourth-order valence-electron chi connectivity index (χ4n) is 0.885. The van der Waals surface area contributed by atoms with Gasteiger partial charge in [-0.1, -0.05) is 19.9 Å². The molecule has 3 heteroatoms. The zero-order valence-corrected chi connectivity index (χ0v) is 6.16. The van der Waals surface area contributed by atoms with Crippen LogP contribution in [0.3, 0.4) is 0 Å². The maximum atomic E-state index is 10.8. The third-order valence-electron chi connectivity index (χ3n) is 1.53. The summed E-state index contributed by atoms with van der Waals surface area (Å²) in [5.41, 5.74) is -0.101. The van der Waals surface area contributed by atoms with Gasteiger partial charge >= 0.3 is 0 Å². The van der Waals surface area contributed by atoms with Crippen molar-refractivity contribution in [2.75, 3.05) is 0 Å². The molecule has 0 radical (unpaired) electrons. The lowest BCUT2D eigenvalue weighted by molar-refractivity contribution is -0.157. The summed E-state index contributed by atoms with van der Waals surface area (Å²) in [6.45, 7) is 3.91. The van der Waals surface area contributed by atoms with Crippen molar-refractivity contribution in [1.29, 1.82) is 0 Å². The smallest absolute Gasteiger partial charge is 0.250 e. The normalized spacial score (nSPS) is 23.5. The number of nitrogens with zero attached hydrogens (tertiary/aromatic N) is 1. The van der Waals surface area contributed by atoms with Gasteiger partial charge in [0, 0.05) is 12.6 Å². The van der Waals surface area contributed by atoms with Crippen molar-refractivity contribution in [3.63, 3.8) is 0 Å². The molecule has 0 saturated carbocycles. The molecule has 1 heterocycles. The minimum atomic E-state index is -0.243. The first-order chi connectivity index (χ1) is 4.51. The Kier molecular flexibility index (Phi) is 1.52. The number of hydroxylamine groups is 2. The van der Waals surface area contributed by atoms with E-state index in [2.05, 4.69) is 0 Å². The Morgan fingerprint density at radius 1 is 1.70 bits per heavy atom. The molecule has 0 spiro atoms. The van der Waals surface area contributed by atoms with Crippen molar-refractivity contribution in [1.82, 2.24) is 5.06 Å². The Bertz CT molecular complexity index is 184. The highest BCUT2D eigenvalue weighted by Gasteiger charge is 2.25. The van der Waals surface area contributed by atoms with Gasteiger partial charge in [0.05, 0.1) is 0 Å². The molecule has 0 bridgehead atoms. The number of carbonyl (C=O) groups is 1. The molecule has 0 aromatic rings. The molecule has 3 nitrogen and oxygen atoms in total. The van der Waals surface area contributed by atoms with Gasteiger partial charge in [-0.2, -0.15) is 5.06 Å². The van der Waals surface area contributed by atoms with Crippen LogP contribution in [0.25, 0.3) is 0 Å². The van der Waals surface area contributed by atoms with Crippen LogP contribution in [0, 0.1) is 5.41 Å². The number of amides is 1. The van der Waals surface area contributed by atoms with Crippen LogP contribution >= 0.6 is 0 Å². The summed E-state index contributed by atoms with van der Waals surface area (Å²) in [6, 6.07) is 0. The third kappa shape index (κ3) is 1.36. The molecule has 0 atom stereocenters. The first kappa shape index (κ1) is 7.28. The van der Waals surface area contributed by atoms with E-state index in [9.17, 15) is 4.79 Å². The molecule has 56 valence electrons. The standard InChI is InChI=1S/C7H11NO2/c1-7(2)3-4-8(10)6(9)5-7/h3-4,10H,5H2,1-2H3. The molecule has 0 saturated heterocycles. The molecule has 1 aliphatic heterocycles. The van der Waals surface area contributed by atoms with Crippen LogP contribution in [0.5, 0.6) is 0 Å². The fraction of sp³-hybridized carbons (Fsp3) is 0.571. The second-order valence-corrected chi connectivity index (χ2v) is 3.22. The zero-order chi connectivity index (χ0) is 7.78. The first-order valence-corrected chi connectivity index (χ1v) is 3.22. The lowest BCUT2D eigenvalue weighted by atomic mass is 9.87. The summed E-state index contributed by atoms with van der Waals surface area (Å²) in [4.78, 5) is 10.8. The largest absolute Gasteiger partial charge is 0.281 e. The molecular formula is C7H11NO2. The Hall–Kier alpha value is -0.830. The summed E-state index contributed by atoms with van der Waals surface area (Å²) in [7, 11) is 0. The molecule has 0 aromatic carbocycles. The van der Waals surface area contributed by atoms with Crippen molar-refractivity contribution in [3.05, 3.63) is 12.3 Å². The molecule has 0 aliphatic carbocycles. The van der Waals surface area contributed by atoms with Gasteiger partial charge in [0.2, 0.25) is 0 Å². The predicted molar refractivity (Wildman–Crippen MR) is 36.2 cm³/mol. The van der Waals surface area contributed by atoms with Gasteiger partial charge in [0.1, 0.15) is 0 Å². The molecule has 10 heavy (non-hydrogen) atoms. The molecule has 0 unspecified atom stereocenters. The lowest BCUT2D eigenvalue weighted by Gasteiger charge is -2.26. The molecule has 1 rings (SSSR count). The van der Waals surface area contributed by atoms with E-state index in [4.69, 9.17) is 5.21 Å². The van der Waals surface area contributed by atoms with Crippen LogP contribution in [-0.2, 0) is 4.79 Å². The third-order valence-corrected chi connectivity index (χ3v) is 1.53. The Morgan fingerprint density at radius 3 is 2.70 bits per heavy atom. The van der Waals surface area contributed by atoms with Crippen molar-refractivity contribution < 1.29 is 10.0 Å². The van der Waals surface area contributed by atoms with E-state index in [1.807, 2.05) is 19.9 Å². The fourth-order valence-corrected chi connectivity index (χ4v) is 0.885. The number of carbonyl (C=O) groups excluding carboxylic acids is 1. The number of hydrogen-bond donors (Lipinski definition) is 1. The second kappa shape index (κ2) is 2.09. The zero-order valence-electron chi connectivity index (χ0n) is 6.16. The van der Waals surface area contributed by atoms with Crippen LogP contribution in [0.2, 0.25) is 0 Å². The van der Waals surface area contributed by atoms with Gasteiger partial charge in [-0.05, 0) is 5.41 Å². The van der Waals surface area contributed by atoms with Gasteiger partial charge in [0.25, 0.3) is 5.91 Å². The molecule has 1 aliphatic rings. The minimum absolute atomic E-state index is 0.101. The number of hydrogen-bond acceptors (Lipinski definition) is 2. The highest BCUT2D eigenvalue weighted by atomic mass is 16.5. The number of rotatable bonds is 0. The summed E-state index contributed by atoms with van der Waals surface area (Å²) >= 11 is 0. The summed E-state index contributed by atoms with van der Waals surface area (Å²) in [5.74, 6) is -0.243. The van der Waals surface area contributed by atoms with Crippen molar-refractivity contribution in [2.24, 2.45) is 5.41 Å². The van der Waals surface area contributed by atoms with Gasteiger partial charge in [-0.3, -0.25) is 10.0 Å². The molecular weight excluding hydrogens is 130 g/mol. The monoisotopic (exact) mass is 141 g/mol. The maximum Gasteiger partial charge on any atom is 0.250 e. The average Bonchev–Trinajstić information content (AvgIpc) is 1.79. The van der Waals surface area contributed by atoms with Crippen molar-refractivity contribution in [2.45, 2.75) is 20.3 Å². The van der Waals surface area contributed by atoms with Crippen molar-refractivity contribution in [3.8, 4) is 0 Å². The maximum absolute atomic E-state index is 10.8. The Labute approximate surface area is 59.9 Å². The van der Waals surface area contributed by atoms with E-state index in [-0.39, 0.29) is 11.3 Å². The summed E-state index contributed by atoms with van der Waals surface area (Å²) in [5, 5.41) is 9.44. The molecule has 0 fully saturated rings. The SMILES string of the molecule is CC1(C)C=CN(O)C(=O)C1. The highest BCUT2D eigenvalue weighted by molar-refractivity contribution is 5.77. The van der Waals surface area contributed by atoms with Gasteiger partial charge in [-0.25, -0.2) is 0 Å². The Balaban J connectivity index is 2.79. The van der Waals surface area contributed by atoms with Gasteiger partial charge in [-0.15, -0.1) is 0 Å². The first-order valence-electron chi connectivity index (χ1n) is 3.22. The van der Waals surface area contributed by atoms with E-state index in [1.54, 1.807) is 0 Å². The Morgan fingerprint density at radius 2 is 2.30 bits per heavy atom. The van der Waals surface area contributed by atoms with Crippen LogP contribution in [0.15, 0.2) is 12.3 Å². The highest BCUT2D eigenvalue weighted by Crippen LogP contribution is 2.26. The molecule has 1 N–H and O–H groups in total. The van der Waals surface area contributed by atoms with E-state index < -0.39 is 0 Å². The molecule has 0 aromatic heterocycles. The second-order valence-electron chi connectivity index (χ2n) is 3.22. The van der Waals surface area contributed by atoms with Crippen LogP contribution in [0.1, 0.15) is 20.3 Å². The summed E-state index contributed by atoms with van der Waals surface area (Å²) in [6.07, 6.45) is 3.58. The predicted octanol–water partition coefficient (Wildman–Crippen LogP) is 1.15. The minimum Gasteiger partial charge on any atom is -0.281 e. The van der Waals surface area contributed by atoms with Gasteiger partial charge < -0.3 is 0 Å². The topological polar surface area (TPSA) is 40.5 Å². The van der Waals surface area contributed by atoms with Crippen molar-refractivity contribution >= 4 is 5.91 Å². The van der Waals surface area contributed by atoms with Crippen LogP contribution in [-0.4, -0.2) is 16.2 Å². The summed E-state index contributed by atoms with van der Waals surface area (Å²) < 4.78 is 0. The van der Waals surface area contributed by atoms with E-state index >= 15 is 0 Å². The quantitative estimate of drug-likeness (QED) is 0.514. The van der Waals surface area contributed by atoms with Gasteiger partial charge in [0.15, 0.2) is 0 Å². The average molecular weight is 141 g/mol. The molecule has 1 amide bonds. The number of allylic oxidation sites excluding steroid dienone is 1.